The molecule has 3 rings (SSSR count). The van der Waals surface area contributed by atoms with Gasteiger partial charge in [-0.15, -0.1) is 11.3 Å². The number of carbonyl (C=O) groups excluding carboxylic acids is 1. The highest BCUT2D eigenvalue weighted by atomic mass is 32.2. The number of amides is 2. The lowest BCUT2D eigenvalue weighted by molar-refractivity contribution is 0.243. The predicted molar refractivity (Wildman–Crippen MR) is 119 cm³/mol. The van der Waals surface area contributed by atoms with Crippen LogP contribution in [-0.4, -0.2) is 45.4 Å². The van der Waals surface area contributed by atoms with Gasteiger partial charge >= 0.3 is 6.03 Å². The molecular formula is C20H28N4O4S2. The summed E-state index contributed by atoms with van der Waals surface area (Å²) in [6.07, 6.45) is 1.11. The molecule has 10 heteroatoms. The molecule has 2 amide bonds. The third-order valence-electron chi connectivity index (χ3n) is 5.64. The average molecular weight is 453 g/mol. The number of benzene rings is 1. The molecule has 0 bridgehead atoms. The fourth-order valence-electron chi connectivity index (χ4n) is 3.41. The van der Waals surface area contributed by atoms with Crippen LogP contribution in [0.1, 0.15) is 37.9 Å². The van der Waals surface area contributed by atoms with Gasteiger partial charge in [-0.05, 0) is 43.5 Å². The van der Waals surface area contributed by atoms with Gasteiger partial charge in [-0.2, -0.15) is 0 Å². The number of hydrogen-bond donors (Lipinski definition) is 3. The van der Waals surface area contributed by atoms with E-state index in [4.69, 9.17) is 4.74 Å². The normalized spacial score (nSPS) is 19.1. The second-order valence-electron chi connectivity index (χ2n) is 7.93. The third kappa shape index (κ3) is 4.93. The van der Waals surface area contributed by atoms with Gasteiger partial charge in [-0.1, -0.05) is 26.0 Å². The van der Waals surface area contributed by atoms with Crippen LogP contribution in [0.5, 0.6) is 5.75 Å². The van der Waals surface area contributed by atoms with Crippen LogP contribution in [0.2, 0.25) is 0 Å². The molecule has 3 N–H and O–H groups in total. The van der Waals surface area contributed by atoms with Gasteiger partial charge < -0.3 is 10.1 Å². The zero-order chi connectivity index (χ0) is 21.9. The molecule has 1 fully saturated rings. The number of rotatable bonds is 8. The third-order valence-corrected chi connectivity index (χ3v) is 8.23. The summed E-state index contributed by atoms with van der Waals surface area (Å²) in [7, 11) is -0.154. The van der Waals surface area contributed by atoms with Crippen molar-refractivity contribution in [2.75, 3.05) is 26.0 Å². The number of urea groups is 1. The first-order chi connectivity index (χ1) is 14.2. The molecule has 1 aliphatic rings. The van der Waals surface area contributed by atoms with Crippen LogP contribution >= 0.6 is 11.3 Å². The number of hydrogen-bond acceptors (Lipinski definition) is 6. The van der Waals surface area contributed by atoms with E-state index < -0.39 is 10.0 Å². The van der Waals surface area contributed by atoms with Gasteiger partial charge in [0, 0.05) is 17.3 Å². The fraction of sp³-hybridized carbons (Fsp3) is 0.500. The highest BCUT2D eigenvalue weighted by molar-refractivity contribution is 7.90. The van der Waals surface area contributed by atoms with E-state index in [1.165, 1.54) is 18.4 Å². The number of nitrogens with one attached hydrogen (secondary N) is 3. The summed E-state index contributed by atoms with van der Waals surface area (Å²) in [6.45, 7) is 4.61. The Morgan fingerprint density at radius 1 is 1.27 bits per heavy atom. The molecular weight excluding hydrogens is 424 g/mol. The van der Waals surface area contributed by atoms with Gasteiger partial charge in [0.2, 0.25) is 10.0 Å². The van der Waals surface area contributed by atoms with Gasteiger partial charge in [0.15, 0.2) is 5.13 Å². The Bertz CT molecular complexity index is 980. The average Bonchev–Trinajstić information content (AvgIpc) is 3.16. The molecule has 0 saturated heterocycles. The molecule has 1 saturated carbocycles. The largest absolute Gasteiger partial charge is 0.497 e. The maximum Gasteiger partial charge on any atom is 0.321 e. The summed E-state index contributed by atoms with van der Waals surface area (Å²) in [5.41, 5.74) is 1.64. The van der Waals surface area contributed by atoms with Gasteiger partial charge in [-0.25, -0.2) is 22.9 Å². The van der Waals surface area contributed by atoms with Gasteiger partial charge in [0.05, 0.1) is 18.1 Å². The number of nitrogens with zero attached hydrogens (tertiary/aromatic N) is 1. The molecule has 0 spiro atoms. The number of aromatic nitrogens is 1. The van der Waals surface area contributed by atoms with E-state index >= 15 is 0 Å². The van der Waals surface area contributed by atoms with E-state index in [0.717, 1.165) is 17.0 Å². The van der Waals surface area contributed by atoms with Crippen molar-refractivity contribution < 1.29 is 17.9 Å². The molecule has 1 aromatic heterocycles. The maximum absolute atomic E-state index is 12.2. The standard InChI is InChI=1S/C20H28N4O4S2/c1-20(2,14-5-7-15(28-4)8-6-14)17-12-29-19(23-17)24-18(25)22-11-13-9-16(10-13)30(26,27)21-3/h5-8,12-13,16,21H,9-11H2,1-4H3,(H2,22,23,24,25)/t13-,16+. The number of anilines is 1. The first-order valence-corrected chi connectivity index (χ1v) is 12.2. The van der Waals surface area contributed by atoms with E-state index in [0.29, 0.717) is 24.5 Å². The van der Waals surface area contributed by atoms with E-state index in [1.54, 1.807) is 7.11 Å². The van der Waals surface area contributed by atoms with Crippen LogP contribution in [-0.2, 0) is 15.4 Å². The maximum atomic E-state index is 12.2. The molecule has 1 aromatic carbocycles. The zero-order valence-corrected chi connectivity index (χ0v) is 19.2. The van der Waals surface area contributed by atoms with Crippen molar-refractivity contribution in [2.45, 2.75) is 37.4 Å². The summed E-state index contributed by atoms with van der Waals surface area (Å²) in [4.78, 5) is 16.8. The molecule has 1 heterocycles. The van der Waals surface area contributed by atoms with E-state index in [9.17, 15) is 13.2 Å². The highest BCUT2D eigenvalue weighted by Crippen LogP contribution is 2.34. The lowest BCUT2D eigenvalue weighted by atomic mass is 9.82. The molecule has 1 aliphatic carbocycles. The number of carbonyl (C=O) groups is 1. The molecule has 8 nitrogen and oxygen atoms in total. The Morgan fingerprint density at radius 3 is 2.53 bits per heavy atom. The summed E-state index contributed by atoms with van der Waals surface area (Å²) < 4.78 is 31.0. The van der Waals surface area contributed by atoms with E-state index in [2.05, 4.69) is 34.2 Å². The smallest absolute Gasteiger partial charge is 0.321 e. The van der Waals surface area contributed by atoms with Crippen LogP contribution in [0.15, 0.2) is 29.6 Å². The van der Waals surface area contributed by atoms with Crippen LogP contribution in [0, 0.1) is 5.92 Å². The Hall–Kier alpha value is -2.17. The van der Waals surface area contributed by atoms with Crippen molar-refractivity contribution in [1.82, 2.24) is 15.0 Å². The van der Waals surface area contributed by atoms with E-state index in [1.807, 2.05) is 29.6 Å². The van der Waals surface area contributed by atoms with Gasteiger partial charge in [0.25, 0.3) is 0 Å². The van der Waals surface area contributed by atoms with Crippen molar-refractivity contribution in [2.24, 2.45) is 5.92 Å². The molecule has 0 aliphatic heterocycles. The Labute approximate surface area is 181 Å². The quantitative estimate of drug-likeness (QED) is 0.571. The highest BCUT2D eigenvalue weighted by Gasteiger charge is 2.37. The van der Waals surface area contributed by atoms with Gasteiger partial charge in [-0.3, -0.25) is 5.32 Å². The molecule has 164 valence electrons. The minimum absolute atomic E-state index is 0.171. The lowest BCUT2D eigenvalue weighted by Gasteiger charge is -2.34. The predicted octanol–water partition coefficient (Wildman–Crippen LogP) is 2.93. The SMILES string of the molecule is CNS(=O)(=O)[C@H]1C[C@@H](CNC(=O)Nc2nc(C(C)(C)c3ccc(OC)cc3)cs2)C1. The number of sulfonamides is 1. The summed E-state index contributed by atoms with van der Waals surface area (Å²) in [5, 5.41) is 7.67. The Balaban J connectivity index is 1.52. The molecule has 0 radical (unpaired) electrons. The van der Waals surface area contributed by atoms with E-state index in [-0.39, 0.29) is 22.6 Å². The second kappa shape index (κ2) is 8.91. The zero-order valence-electron chi connectivity index (χ0n) is 17.6. The lowest BCUT2D eigenvalue weighted by Crippen LogP contribution is -2.46. The Morgan fingerprint density at radius 2 is 1.93 bits per heavy atom. The van der Waals surface area contributed by atoms with Crippen LogP contribution in [0.3, 0.4) is 0 Å². The van der Waals surface area contributed by atoms with Crippen LogP contribution < -0.4 is 20.1 Å². The number of ether oxygens (including phenoxy) is 1. The number of methoxy groups -OCH3 is 1. The summed E-state index contributed by atoms with van der Waals surface area (Å²) >= 11 is 1.37. The minimum atomic E-state index is -3.21. The van der Waals surface area contributed by atoms with Gasteiger partial charge in [0.1, 0.15) is 5.75 Å². The Kier molecular flexibility index (Phi) is 6.68. The monoisotopic (exact) mass is 452 g/mol. The van der Waals surface area contributed by atoms with Crippen molar-refractivity contribution in [3.8, 4) is 5.75 Å². The topological polar surface area (TPSA) is 109 Å². The molecule has 0 atom stereocenters. The molecule has 0 unspecified atom stereocenters. The van der Waals surface area contributed by atoms with Crippen molar-refractivity contribution in [3.63, 3.8) is 0 Å². The van der Waals surface area contributed by atoms with Crippen molar-refractivity contribution in [3.05, 3.63) is 40.9 Å². The van der Waals surface area contributed by atoms with Crippen molar-refractivity contribution in [1.29, 1.82) is 0 Å². The molecule has 2 aromatic rings. The number of thiazole rings is 1. The summed E-state index contributed by atoms with van der Waals surface area (Å²) in [6, 6.07) is 7.53. The first-order valence-electron chi connectivity index (χ1n) is 9.73. The second-order valence-corrected chi connectivity index (χ2v) is 11.0. The molecule has 30 heavy (non-hydrogen) atoms. The summed E-state index contributed by atoms with van der Waals surface area (Å²) in [5.74, 6) is 0.970. The van der Waals surface area contributed by atoms with Crippen molar-refractivity contribution >= 4 is 32.5 Å². The first kappa shape index (κ1) is 22.5. The minimum Gasteiger partial charge on any atom is -0.497 e. The fourth-order valence-corrected chi connectivity index (χ4v) is 5.67. The van der Waals surface area contributed by atoms with Crippen LogP contribution in [0.4, 0.5) is 9.93 Å². The van der Waals surface area contributed by atoms with Crippen LogP contribution in [0.25, 0.3) is 0 Å².